The first-order chi connectivity index (χ1) is 16.0. The van der Waals surface area contributed by atoms with Crippen LogP contribution in [0.1, 0.15) is 20.7 Å². The number of nitrogens with zero attached hydrogens (tertiary/aromatic N) is 4. The van der Waals surface area contributed by atoms with E-state index < -0.39 is 17.5 Å². The highest BCUT2D eigenvalue weighted by atomic mass is 19.1. The molecular weight excluding hydrogens is 429 g/mol. The van der Waals surface area contributed by atoms with Crippen LogP contribution in [0.15, 0.2) is 60.2 Å². The van der Waals surface area contributed by atoms with Crippen LogP contribution in [0.25, 0.3) is 10.9 Å². The van der Waals surface area contributed by atoms with E-state index in [4.69, 9.17) is 5.53 Å². The number of ketones is 1. The van der Waals surface area contributed by atoms with Crippen LogP contribution in [0, 0.1) is 11.3 Å². The Balaban J connectivity index is 1.48. The number of aromatic nitrogens is 2. The highest BCUT2D eigenvalue weighted by Crippen LogP contribution is 2.27. The number of amides is 2. The van der Waals surface area contributed by atoms with Crippen molar-refractivity contribution in [2.45, 2.75) is 0 Å². The Bertz CT molecular complexity index is 1250. The second-order valence-electron chi connectivity index (χ2n) is 7.28. The molecule has 10 nitrogen and oxygen atoms in total. The molecule has 0 saturated carbocycles. The van der Waals surface area contributed by atoms with Crippen molar-refractivity contribution in [3.63, 3.8) is 0 Å². The molecule has 11 heteroatoms. The van der Waals surface area contributed by atoms with Crippen molar-refractivity contribution in [1.82, 2.24) is 19.8 Å². The predicted molar refractivity (Wildman–Crippen MR) is 117 cm³/mol. The predicted octanol–water partition coefficient (Wildman–Crippen LogP) is 2.78. The van der Waals surface area contributed by atoms with Crippen LogP contribution in [0.3, 0.4) is 0 Å². The molecule has 1 aliphatic rings. The summed E-state index contributed by atoms with van der Waals surface area (Å²) in [5, 5.41) is 5.74. The van der Waals surface area contributed by atoms with Gasteiger partial charge in [-0.2, -0.15) is 5.11 Å². The fourth-order valence-corrected chi connectivity index (χ4v) is 3.69. The molecule has 1 aromatic carbocycles. The summed E-state index contributed by atoms with van der Waals surface area (Å²) in [7, 11) is 0. The number of hydrogen-bond donors (Lipinski definition) is 3. The van der Waals surface area contributed by atoms with Crippen LogP contribution in [0.2, 0.25) is 0 Å². The number of rotatable bonds is 6. The lowest BCUT2D eigenvalue weighted by molar-refractivity contribution is -0.127. The molecule has 168 valence electrons. The number of carbonyl (C=O) groups is 3. The molecule has 1 saturated heterocycles. The number of piperazine rings is 1. The molecule has 33 heavy (non-hydrogen) atoms. The van der Waals surface area contributed by atoms with E-state index in [1.54, 1.807) is 29.2 Å². The second-order valence-corrected chi connectivity index (χ2v) is 7.28. The van der Waals surface area contributed by atoms with Crippen molar-refractivity contribution in [3.05, 3.63) is 72.1 Å². The molecule has 0 aliphatic carbocycles. The summed E-state index contributed by atoms with van der Waals surface area (Å²) < 4.78 is 14.5. The number of hydrogen-bond acceptors (Lipinski definition) is 7. The summed E-state index contributed by atoms with van der Waals surface area (Å²) in [6, 6.07) is 8.84. The molecule has 0 atom stereocenters. The average Bonchev–Trinajstić information content (AvgIpc) is 3.31. The van der Waals surface area contributed by atoms with Crippen LogP contribution in [0.5, 0.6) is 0 Å². The first-order valence-electron chi connectivity index (χ1n) is 10.1. The third kappa shape index (κ3) is 4.33. The molecule has 2 amide bonds. The van der Waals surface area contributed by atoms with Crippen LogP contribution < -0.4 is 5.32 Å². The molecule has 0 spiro atoms. The van der Waals surface area contributed by atoms with Crippen LogP contribution in [-0.2, 0) is 4.79 Å². The van der Waals surface area contributed by atoms with Gasteiger partial charge in [-0.15, -0.1) is 0 Å². The highest BCUT2D eigenvalue weighted by molar-refractivity contribution is 6.45. The number of pyridine rings is 1. The monoisotopic (exact) mass is 449 g/mol. The SMILES string of the molecule is N=N/C=C\Nc1ncc(F)c2c(C(=O)C(=O)N3CCN(C(=O)c4ccccc4)CC3)c[nH]c12. The summed E-state index contributed by atoms with van der Waals surface area (Å²) in [6.45, 7) is 0.980. The maximum atomic E-state index is 14.5. The quantitative estimate of drug-likeness (QED) is 0.302. The lowest BCUT2D eigenvalue weighted by Crippen LogP contribution is -2.52. The van der Waals surface area contributed by atoms with Crippen molar-refractivity contribution < 1.29 is 18.8 Å². The molecule has 3 heterocycles. The summed E-state index contributed by atoms with van der Waals surface area (Å²) in [5.41, 5.74) is 7.42. The van der Waals surface area contributed by atoms with Gasteiger partial charge in [-0.1, -0.05) is 18.2 Å². The zero-order chi connectivity index (χ0) is 23.4. The Morgan fingerprint density at radius 2 is 1.82 bits per heavy atom. The van der Waals surface area contributed by atoms with Crippen LogP contribution in [-0.4, -0.2) is 63.5 Å². The number of halogens is 1. The van der Waals surface area contributed by atoms with Gasteiger partial charge in [0, 0.05) is 44.1 Å². The Morgan fingerprint density at radius 1 is 1.12 bits per heavy atom. The van der Waals surface area contributed by atoms with E-state index in [1.807, 2.05) is 6.07 Å². The molecule has 0 bridgehead atoms. The Kier molecular flexibility index (Phi) is 6.20. The van der Waals surface area contributed by atoms with E-state index in [-0.39, 0.29) is 41.3 Å². The van der Waals surface area contributed by atoms with Crippen molar-refractivity contribution in [3.8, 4) is 0 Å². The van der Waals surface area contributed by atoms with Gasteiger partial charge in [0.25, 0.3) is 17.6 Å². The van der Waals surface area contributed by atoms with Crippen molar-refractivity contribution in [2.75, 3.05) is 31.5 Å². The molecule has 3 N–H and O–H groups in total. The van der Waals surface area contributed by atoms with E-state index >= 15 is 0 Å². The molecule has 0 radical (unpaired) electrons. The smallest absolute Gasteiger partial charge is 0.295 e. The number of nitrogens with one attached hydrogen (secondary N) is 3. The standard InChI is InChI=1S/C22H20FN7O3/c23-16-13-27-20(25-6-7-28-24)18-17(16)15(12-26-18)19(31)22(33)30-10-8-29(9-11-30)21(32)14-4-2-1-3-5-14/h1-7,12-13,24,26H,8-11H2,(H,25,27)/b7-6-,28-24?. The minimum absolute atomic E-state index is 0.0556. The summed E-state index contributed by atoms with van der Waals surface area (Å²) in [5.74, 6) is -2.28. The Morgan fingerprint density at radius 3 is 2.52 bits per heavy atom. The third-order valence-electron chi connectivity index (χ3n) is 5.35. The van der Waals surface area contributed by atoms with Gasteiger partial charge in [-0.25, -0.2) is 14.9 Å². The molecule has 2 aromatic heterocycles. The van der Waals surface area contributed by atoms with Gasteiger partial charge in [0.15, 0.2) is 11.6 Å². The second kappa shape index (κ2) is 9.39. The van der Waals surface area contributed by atoms with Gasteiger partial charge in [-0.05, 0) is 12.1 Å². The van der Waals surface area contributed by atoms with Crippen molar-refractivity contribution >= 4 is 34.3 Å². The zero-order valence-corrected chi connectivity index (χ0v) is 17.4. The van der Waals surface area contributed by atoms with Gasteiger partial charge >= 0.3 is 0 Å². The van der Waals surface area contributed by atoms with Gasteiger partial charge in [0.05, 0.1) is 28.9 Å². The molecule has 1 aliphatic heterocycles. The average molecular weight is 449 g/mol. The van der Waals surface area contributed by atoms with Crippen molar-refractivity contribution in [2.24, 2.45) is 5.11 Å². The molecule has 4 rings (SSSR count). The van der Waals surface area contributed by atoms with E-state index in [2.05, 4.69) is 20.4 Å². The maximum Gasteiger partial charge on any atom is 0.295 e. The van der Waals surface area contributed by atoms with E-state index in [1.165, 1.54) is 17.3 Å². The van der Waals surface area contributed by atoms with E-state index in [9.17, 15) is 18.8 Å². The number of benzene rings is 1. The van der Waals surface area contributed by atoms with Gasteiger partial charge in [0.2, 0.25) is 0 Å². The fraction of sp³-hybridized carbons (Fsp3) is 0.182. The fourth-order valence-electron chi connectivity index (χ4n) is 3.69. The maximum absolute atomic E-state index is 14.5. The number of fused-ring (bicyclic) bond motifs is 1. The summed E-state index contributed by atoms with van der Waals surface area (Å²) in [4.78, 5) is 48.1. The lowest BCUT2D eigenvalue weighted by Gasteiger charge is -2.34. The number of carbonyl (C=O) groups excluding carboxylic acids is 3. The minimum Gasteiger partial charge on any atom is -0.357 e. The van der Waals surface area contributed by atoms with Crippen LogP contribution >= 0.6 is 0 Å². The first kappa shape index (κ1) is 21.8. The minimum atomic E-state index is -0.850. The topological polar surface area (TPSA) is 135 Å². The number of H-pyrrole nitrogens is 1. The number of anilines is 1. The largest absolute Gasteiger partial charge is 0.357 e. The summed E-state index contributed by atoms with van der Waals surface area (Å²) >= 11 is 0. The lowest BCUT2D eigenvalue weighted by atomic mass is 10.1. The molecular formula is C22H20FN7O3. The van der Waals surface area contributed by atoms with Crippen molar-refractivity contribution in [1.29, 1.82) is 5.53 Å². The normalized spacial score (nSPS) is 14.0. The number of aromatic amines is 1. The third-order valence-corrected chi connectivity index (χ3v) is 5.35. The zero-order valence-electron chi connectivity index (χ0n) is 17.4. The van der Waals surface area contributed by atoms with Gasteiger partial charge in [0.1, 0.15) is 0 Å². The molecule has 1 fully saturated rings. The first-order valence-corrected chi connectivity index (χ1v) is 10.1. The van der Waals surface area contributed by atoms with Gasteiger partial charge in [-0.3, -0.25) is 14.4 Å². The molecule has 0 unspecified atom stereocenters. The number of Topliss-reactive ketones (excluding diaryl/α,β-unsaturated/α-hetero) is 1. The highest BCUT2D eigenvalue weighted by Gasteiger charge is 2.31. The van der Waals surface area contributed by atoms with E-state index in [0.717, 1.165) is 12.4 Å². The Hall–Kier alpha value is -4.41. The van der Waals surface area contributed by atoms with Gasteiger partial charge < -0.3 is 20.1 Å². The summed E-state index contributed by atoms with van der Waals surface area (Å²) in [6.07, 6.45) is 4.71. The van der Waals surface area contributed by atoms with E-state index in [0.29, 0.717) is 18.7 Å². The molecule has 3 aromatic rings. The van der Waals surface area contributed by atoms with Crippen LogP contribution in [0.4, 0.5) is 10.2 Å². The Labute approximate surface area is 187 Å².